The molecular formula is C23H22ClF5N6O4S. The molecule has 216 valence electrons. The molecule has 10 nitrogen and oxygen atoms in total. The van der Waals surface area contributed by atoms with E-state index in [-0.39, 0.29) is 17.9 Å². The first-order valence-electron chi connectivity index (χ1n) is 11.2. The first-order valence-corrected chi connectivity index (χ1v) is 13.1. The van der Waals surface area contributed by atoms with E-state index in [1.54, 1.807) is 30.3 Å². The number of rotatable bonds is 7. The van der Waals surface area contributed by atoms with Crippen LogP contribution in [0.1, 0.15) is 6.42 Å². The van der Waals surface area contributed by atoms with Crippen molar-refractivity contribution in [2.75, 3.05) is 35.7 Å². The largest absolute Gasteiger partial charge is 0.490 e. The van der Waals surface area contributed by atoms with E-state index in [2.05, 4.69) is 25.3 Å². The molecule has 4 N–H and O–H groups in total. The smallest absolute Gasteiger partial charge is 0.475 e. The highest BCUT2D eigenvalue weighted by Crippen LogP contribution is 2.37. The first kappa shape index (κ1) is 30.8. The second-order valence-corrected chi connectivity index (χ2v) is 10.6. The Balaban J connectivity index is 0.000000559. The van der Waals surface area contributed by atoms with Gasteiger partial charge in [-0.2, -0.15) is 13.2 Å². The summed E-state index contributed by atoms with van der Waals surface area (Å²) >= 11 is 5.91. The molecule has 1 aliphatic rings. The lowest BCUT2D eigenvalue weighted by atomic mass is 10.2. The Bertz CT molecular complexity index is 1460. The molecular weight excluding hydrogens is 587 g/mol. The molecule has 3 aromatic rings. The normalized spacial score (nSPS) is 14.7. The van der Waals surface area contributed by atoms with E-state index in [1.807, 2.05) is 0 Å². The minimum absolute atomic E-state index is 0.00391. The molecule has 2 aromatic carbocycles. The van der Waals surface area contributed by atoms with Gasteiger partial charge in [0, 0.05) is 29.7 Å². The topological polar surface area (TPSA) is 137 Å². The Labute approximate surface area is 230 Å². The lowest BCUT2D eigenvalue weighted by Crippen LogP contribution is -2.26. The van der Waals surface area contributed by atoms with Gasteiger partial charge in [0.15, 0.2) is 0 Å². The van der Waals surface area contributed by atoms with Gasteiger partial charge in [0.2, 0.25) is 10.0 Å². The summed E-state index contributed by atoms with van der Waals surface area (Å²) in [6, 6.07) is 13.0. The zero-order chi connectivity index (χ0) is 29.7. The fraction of sp³-hybridized carbons (Fsp3) is 0.261. The van der Waals surface area contributed by atoms with Crippen LogP contribution in [0.15, 0.2) is 59.8 Å². The molecule has 0 aliphatic carbocycles. The molecule has 1 aromatic heterocycles. The molecule has 2 heterocycles. The van der Waals surface area contributed by atoms with Crippen LogP contribution in [0.25, 0.3) is 0 Å². The monoisotopic (exact) mass is 608 g/mol. The van der Waals surface area contributed by atoms with Crippen LogP contribution in [0, 0.1) is 0 Å². The molecule has 1 fully saturated rings. The van der Waals surface area contributed by atoms with Crippen LogP contribution in [0.3, 0.4) is 0 Å². The van der Waals surface area contributed by atoms with Crippen molar-refractivity contribution in [1.82, 2.24) is 14.7 Å². The zero-order valence-corrected chi connectivity index (χ0v) is 22.1. The average molecular weight is 609 g/mol. The second kappa shape index (κ2) is 12.2. The maximum atomic E-state index is 13.8. The highest BCUT2D eigenvalue weighted by Gasteiger charge is 2.39. The molecule has 0 radical (unpaired) electrons. The zero-order valence-electron chi connectivity index (χ0n) is 20.5. The Morgan fingerprint density at radius 2 is 1.65 bits per heavy atom. The molecule has 0 atom stereocenters. The Morgan fingerprint density at radius 1 is 1.05 bits per heavy atom. The number of carbonyl (C=O) groups is 1. The molecule has 0 spiro atoms. The van der Waals surface area contributed by atoms with E-state index < -0.39 is 34.6 Å². The standard InChI is InChI=1S/C21H21ClF2N6O2S.C2HF3O2/c1-25-33(31,32)16-6-7-18(30-9-8-21(23,24)12-30)17(10-16)29-20-11-19(26-13-27-20)28-15-4-2-14(22)3-5-15;3-2(4,5)1(6)7/h2-7,10-11,13,25H,8-9,12H2,1H3,(H2,26,27,28,29);(H,6,7). The van der Waals surface area contributed by atoms with Crippen LogP contribution in [-0.4, -0.2) is 61.7 Å². The summed E-state index contributed by atoms with van der Waals surface area (Å²) in [5.74, 6) is -4.74. The highest BCUT2D eigenvalue weighted by molar-refractivity contribution is 7.89. The van der Waals surface area contributed by atoms with Gasteiger partial charge in [-0.25, -0.2) is 36.7 Å². The lowest BCUT2D eigenvalue weighted by molar-refractivity contribution is -0.192. The predicted octanol–water partition coefficient (Wildman–Crippen LogP) is 5.00. The van der Waals surface area contributed by atoms with Crippen molar-refractivity contribution in [1.29, 1.82) is 0 Å². The minimum atomic E-state index is -5.08. The third-order valence-electron chi connectivity index (χ3n) is 5.35. The molecule has 1 aliphatic heterocycles. The van der Waals surface area contributed by atoms with Gasteiger partial charge >= 0.3 is 12.1 Å². The lowest BCUT2D eigenvalue weighted by Gasteiger charge is -2.23. The van der Waals surface area contributed by atoms with Crippen LogP contribution in [0.5, 0.6) is 0 Å². The average Bonchev–Trinajstić information content (AvgIpc) is 3.24. The number of alkyl halides is 5. The molecule has 4 rings (SSSR count). The predicted molar refractivity (Wildman–Crippen MR) is 138 cm³/mol. The van der Waals surface area contributed by atoms with E-state index in [0.717, 1.165) is 5.69 Å². The minimum Gasteiger partial charge on any atom is -0.475 e. The molecule has 17 heteroatoms. The van der Waals surface area contributed by atoms with Crippen molar-refractivity contribution in [3.05, 3.63) is 59.9 Å². The van der Waals surface area contributed by atoms with E-state index in [9.17, 15) is 30.4 Å². The summed E-state index contributed by atoms with van der Waals surface area (Å²) < 4.78 is 86.3. The fourth-order valence-corrected chi connectivity index (χ4v) is 4.31. The number of hydrogen-bond acceptors (Lipinski definition) is 8. The summed E-state index contributed by atoms with van der Waals surface area (Å²) in [6.07, 6.45) is -4.02. The van der Waals surface area contributed by atoms with E-state index in [4.69, 9.17) is 21.5 Å². The van der Waals surface area contributed by atoms with E-state index >= 15 is 0 Å². The van der Waals surface area contributed by atoms with Crippen molar-refractivity contribution in [3.8, 4) is 0 Å². The fourth-order valence-electron chi connectivity index (χ4n) is 3.43. The van der Waals surface area contributed by atoms with Gasteiger partial charge in [-0.3, -0.25) is 0 Å². The number of benzene rings is 2. The van der Waals surface area contributed by atoms with E-state index in [0.29, 0.717) is 28.0 Å². The number of aliphatic carboxylic acids is 1. The van der Waals surface area contributed by atoms with Crippen LogP contribution < -0.4 is 20.3 Å². The Hall–Kier alpha value is -3.76. The Morgan fingerprint density at radius 3 is 2.17 bits per heavy atom. The number of aromatic nitrogens is 2. The summed E-state index contributed by atoms with van der Waals surface area (Å²) in [4.78, 5) is 18.8. The van der Waals surface area contributed by atoms with Crippen molar-refractivity contribution < 1.29 is 40.3 Å². The van der Waals surface area contributed by atoms with Crippen molar-refractivity contribution in [3.63, 3.8) is 0 Å². The number of nitrogens with one attached hydrogen (secondary N) is 3. The van der Waals surface area contributed by atoms with Gasteiger partial charge in [-0.1, -0.05) is 11.6 Å². The third kappa shape index (κ3) is 8.37. The molecule has 0 unspecified atom stereocenters. The molecule has 40 heavy (non-hydrogen) atoms. The van der Waals surface area contributed by atoms with Crippen LogP contribution in [-0.2, 0) is 14.8 Å². The SMILES string of the molecule is CNS(=O)(=O)c1ccc(N2CCC(F)(F)C2)c(Nc2cc(Nc3ccc(Cl)cc3)ncn2)c1.O=C(O)C(F)(F)F. The number of sulfonamides is 1. The van der Waals surface area contributed by atoms with Gasteiger partial charge in [0.25, 0.3) is 5.92 Å². The molecule has 0 saturated carbocycles. The van der Waals surface area contributed by atoms with Crippen LogP contribution in [0.4, 0.5) is 50.6 Å². The number of carboxylic acid groups (broad SMARTS) is 1. The van der Waals surface area contributed by atoms with Crippen LogP contribution >= 0.6 is 11.6 Å². The summed E-state index contributed by atoms with van der Waals surface area (Å²) in [7, 11) is -2.44. The second-order valence-electron chi connectivity index (χ2n) is 8.26. The number of anilines is 5. The number of halogens is 6. The maximum Gasteiger partial charge on any atom is 0.490 e. The van der Waals surface area contributed by atoms with Gasteiger partial charge in [-0.05, 0) is 49.5 Å². The number of nitrogens with zero attached hydrogens (tertiary/aromatic N) is 3. The molecule has 1 saturated heterocycles. The number of carboxylic acids is 1. The third-order valence-corrected chi connectivity index (χ3v) is 7.01. The first-order chi connectivity index (χ1) is 18.6. The van der Waals surface area contributed by atoms with Gasteiger partial charge in [0.05, 0.1) is 22.8 Å². The maximum absolute atomic E-state index is 13.8. The van der Waals surface area contributed by atoms with Crippen molar-refractivity contribution in [2.24, 2.45) is 0 Å². The quantitative estimate of drug-likeness (QED) is 0.273. The van der Waals surface area contributed by atoms with Crippen molar-refractivity contribution >= 4 is 56.3 Å². The summed E-state index contributed by atoms with van der Waals surface area (Å²) in [5, 5.41) is 13.9. The van der Waals surface area contributed by atoms with E-state index in [1.165, 1.54) is 36.5 Å². The van der Waals surface area contributed by atoms with Gasteiger partial charge in [0.1, 0.15) is 18.0 Å². The molecule has 0 bridgehead atoms. The number of hydrogen-bond donors (Lipinski definition) is 4. The van der Waals surface area contributed by atoms with Crippen LogP contribution in [0.2, 0.25) is 5.02 Å². The highest BCUT2D eigenvalue weighted by atomic mass is 35.5. The van der Waals surface area contributed by atoms with Gasteiger partial charge in [-0.15, -0.1) is 0 Å². The molecule has 0 amide bonds. The van der Waals surface area contributed by atoms with Gasteiger partial charge < -0.3 is 20.6 Å². The van der Waals surface area contributed by atoms with Crippen molar-refractivity contribution in [2.45, 2.75) is 23.4 Å². The summed E-state index contributed by atoms with van der Waals surface area (Å²) in [5.41, 5.74) is 1.54. The summed E-state index contributed by atoms with van der Waals surface area (Å²) in [6.45, 7) is -0.306. The Kier molecular flexibility index (Phi) is 9.37.